The summed E-state index contributed by atoms with van der Waals surface area (Å²) in [6.07, 6.45) is 1.53. The Hall–Kier alpha value is -2.40. The van der Waals surface area contributed by atoms with Crippen molar-refractivity contribution in [2.75, 3.05) is 0 Å². The summed E-state index contributed by atoms with van der Waals surface area (Å²) >= 11 is 1.55. The number of carbonyl (C=O) groups is 1. The average Bonchev–Trinajstić information content (AvgIpc) is 3.24. The zero-order valence-corrected chi connectivity index (χ0v) is 13.8. The Balaban J connectivity index is 1.65. The monoisotopic (exact) mass is 327 g/mol. The van der Waals surface area contributed by atoms with E-state index in [4.69, 9.17) is 9.15 Å². The number of ether oxygens (including phenoxy) is 1. The maximum absolute atomic E-state index is 12.4. The quantitative estimate of drug-likeness (QED) is 0.651. The lowest BCUT2D eigenvalue weighted by Gasteiger charge is -2.22. The molecule has 0 fully saturated rings. The fourth-order valence-corrected chi connectivity index (χ4v) is 2.83. The van der Waals surface area contributed by atoms with Crippen LogP contribution < -0.4 is 0 Å². The standard InChI is InChI=1S/C18H17NO3S/c1-18(2,13-7-4-3-5-8-13)17(20)22-12-14-11-21-16(19-14)15-9-6-10-23-15/h3-11H,12H2,1-2H3. The number of thiophene rings is 1. The van der Waals surface area contributed by atoms with Crippen LogP contribution in [-0.4, -0.2) is 11.0 Å². The Kier molecular flexibility index (Phi) is 4.30. The van der Waals surface area contributed by atoms with E-state index in [1.54, 1.807) is 11.3 Å². The van der Waals surface area contributed by atoms with E-state index in [0.717, 1.165) is 10.4 Å². The number of oxazole rings is 1. The molecule has 0 radical (unpaired) electrons. The van der Waals surface area contributed by atoms with Crippen molar-refractivity contribution in [3.63, 3.8) is 0 Å². The van der Waals surface area contributed by atoms with Crippen LogP contribution in [0.4, 0.5) is 0 Å². The van der Waals surface area contributed by atoms with Gasteiger partial charge in [0.05, 0.1) is 10.3 Å². The molecule has 0 saturated heterocycles. The molecule has 4 nitrogen and oxygen atoms in total. The minimum absolute atomic E-state index is 0.101. The number of aromatic nitrogens is 1. The summed E-state index contributed by atoms with van der Waals surface area (Å²) in [7, 11) is 0. The minimum atomic E-state index is -0.707. The predicted molar refractivity (Wildman–Crippen MR) is 89.1 cm³/mol. The van der Waals surface area contributed by atoms with Crippen molar-refractivity contribution in [3.8, 4) is 10.8 Å². The maximum atomic E-state index is 12.4. The highest BCUT2D eigenvalue weighted by Gasteiger charge is 2.31. The van der Waals surface area contributed by atoms with E-state index in [-0.39, 0.29) is 12.6 Å². The summed E-state index contributed by atoms with van der Waals surface area (Å²) in [5.41, 5.74) is 0.816. The fourth-order valence-electron chi connectivity index (χ4n) is 2.18. The third-order valence-corrected chi connectivity index (χ3v) is 4.50. The Morgan fingerprint density at radius 3 is 2.70 bits per heavy atom. The molecule has 2 aromatic heterocycles. The van der Waals surface area contributed by atoms with Gasteiger partial charge >= 0.3 is 5.97 Å². The van der Waals surface area contributed by atoms with E-state index in [0.29, 0.717) is 11.6 Å². The van der Waals surface area contributed by atoms with Gasteiger partial charge in [-0.15, -0.1) is 11.3 Å². The van der Waals surface area contributed by atoms with Gasteiger partial charge in [0.2, 0.25) is 5.89 Å². The molecule has 0 aliphatic rings. The molecule has 2 heterocycles. The van der Waals surface area contributed by atoms with Crippen LogP contribution in [0.25, 0.3) is 10.8 Å². The van der Waals surface area contributed by atoms with Gasteiger partial charge in [0, 0.05) is 0 Å². The van der Waals surface area contributed by atoms with Crippen molar-refractivity contribution in [2.45, 2.75) is 25.9 Å². The molecule has 118 valence electrons. The highest BCUT2D eigenvalue weighted by atomic mass is 32.1. The first-order valence-electron chi connectivity index (χ1n) is 7.28. The second-order valence-electron chi connectivity index (χ2n) is 5.69. The van der Waals surface area contributed by atoms with Gasteiger partial charge in [-0.3, -0.25) is 4.79 Å². The van der Waals surface area contributed by atoms with Crippen LogP contribution in [0.5, 0.6) is 0 Å². The normalized spacial score (nSPS) is 11.4. The van der Waals surface area contributed by atoms with Crippen molar-refractivity contribution >= 4 is 17.3 Å². The van der Waals surface area contributed by atoms with Gasteiger partial charge in [0.25, 0.3) is 0 Å². The first kappa shape index (κ1) is 15.5. The number of hydrogen-bond donors (Lipinski definition) is 0. The average molecular weight is 327 g/mol. The molecule has 3 aromatic rings. The Morgan fingerprint density at radius 2 is 2.00 bits per heavy atom. The largest absolute Gasteiger partial charge is 0.458 e. The molecule has 0 bridgehead atoms. The molecule has 0 unspecified atom stereocenters. The number of benzene rings is 1. The highest BCUT2D eigenvalue weighted by Crippen LogP contribution is 2.26. The zero-order valence-electron chi connectivity index (χ0n) is 13.0. The molecule has 0 saturated carbocycles. The van der Waals surface area contributed by atoms with Crippen molar-refractivity contribution in [1.82, 2.24) is 4.98 Å². The highest BCUT2D eigenvalue weighted by molar-refractivity contribution is 7.13. The number of carbonyl (C=O) groups excluding carboxylic acids is 1. The Bertz CT molecular complexity index is 776. The second-order valence-corrected chi connectivity index (χ2v) is 6.64. The lowest BCUT2D eigenvalue weighted by atomic mass is 9.85. The molecule has 0 amide bonds. The van der Waals surface area contributed by atoms with E-state index in [1.165, 1.54) is 6.26 Å². The van der Waals surface area contributed by atoms with E-state index < -0.39 is 5.41 Å². The van der Waals surface area contributed by atoms with Crippen LogP contribution >= 0.6 is 11.3 Å². The first-order valence-corrected chi connectivity index (χ1v) is 8.16. The lowest BCUT2D eigenvalue weighted by Crippen LogP contribution is -2.30. The Labute approximate surface area is 138 Å². The van der Waals surface area contributed by atoms with Crippen molar-refractivity contribution < 1.29 is 13.9 Å². The van der Waals surface area contributed by atoms with Gasteiger partial charge in [-0.25, -0.2) is 4.98 Å². The number of hydrogen-bond acceptors (Lipinski definition) is 5. The number of rotatable bonds is 5. The SMILES string of the molecule is CC(C)(C(=O)OCc1coc(-c2cccs2)n1)c1ccccc1. The van der Waals surface area contributed by atoms with Gasteiger partial charge in [-0.1, -0.05) is 36.4 Å². The Morgan fingerprint density at radius 1 is 1.22 bits per heavy atom. The molecule has 5 heteroatoms. The van der Waals surface area contributed by atoms with E-state index in [1.807, 2.05) is 61.7 Å². The minimum Gasteiger partial charge on any atom is -0.458 e. The molecule has 0 spiro atoms. The molecular weight excluding hydrogens is 310 g/mol. The maximum Gasteiger partial charge on any atom is 0.316 e. The summed E-state index contributed by atoms with van der Waals surface area (Å²) in [4.78, 5) is 17.7. The van der Waals surface area contributed by atoms with Crippen LogP contribution in [0.3, 0.4) is 0 Å². The van der Waals surface area contributed by atoms with E-state index in [9.17, 15) is 4.79 Å². The molecule has 0 aliphatic carbocycles. The van der Waals surface area contributed by atoms with Crippen LogP contribution in [0.15, 0.2) is 58.5 Å². The van der Waals surface area contributed by atoms with E-state index >= 15 is 0 Å². The van der Waals surface area contributed by atoms with Gasteiger partial charge in [0.1, 0.15) is 18.6 Å². The third kappa shape index (κ3) is 3.35. The van der Waals surface area contributed by atoms with Crippen LogP contribution in [0, 0.1) is 0 Å². The topological polar surface area (TPSA) is 52.3 Å². The van der Waals surface area contributed by atoms with Gasteiger partial charge in [0.15, 0.2) is 0 Å². The van der Waals surface area contributed by atoms with Crippen LogP contribution in [0.2, 0.25) is 0 Å². The summed E-state index contributed by atoms with van der Waals surface area (Å²) in [5.74, 6) is 0.262. The molecule has 1 aromatic carbocycles. The summed E-state index contributed by atoms with van der Waals surface area (Å²) in [6, 6.07) is 13.5. The van der Waals surface area contributed by atoms with Gasteiger partial charge in [-0.2, -0.15) is 0 Å². The smallest absolute Gasteiger partial charge is 0.316 e. The third-order valence-electron chi connectivity index (χ3n) is 3.64. The fraction of sp³-hybridized carbons (Fsp3) is 0.222. The molecule has 3 rings (SSSR count). The zero-order chi connectivity index (χ0) is 16.3. The van der Waals surface area contributed by atoms with E-state index in [2.05, 4.69) is 4.98 Å². The predicted octanol–water partition coefficient (Wildman–Crippen LogP) is 4.42. The number of nitrogens with zero attached hydrogens (tertiary/aromatic N) is 1. The summed E-state index contributed by atoms with van der Waals surface area (Å²) in [5, 5.41) is 1.96. The lowest BCUT2D eigenvalue weighted by molar-refractivity contribution is -0.150. The van der Waals surface area contributed by atoms with Gasteiger partial charge < -0.3 is 9.15 Å². The number of esters is 1. The molecule has 0 aliphatic heterocycles. The first-order chi connectivity index (χ1) is 11.1. The molecule has 0 N–H and O–H groups in total. The van der Waals surface area contributed by atoms with Gasteiger partial charge in [-0.05, 0) is 30.9 Å². The molecule has 23 heavy (non-hydrogen) atoms. The molecular formula is C18H17NO3S. The summed E-state index contributed by atoms with van der Waals surface area (Å²) in [6.45, 7) is 3.80. The molecule has 0 atom stereocenters. The van der Waals surface area contributed by atoms with Crippen molar-refractivity contribution in [3.05, 3.63) is 65.4 Å². The van der Waals surface area contributed by atoms with Crippen LogP contribution in [0.1, 0.15) is 25.1 Å². The van der Waals surface area contributed by atoms with Crippen LogP contribution in [-0.2, 0) is 21.6 Å². The van der Waals surface area contributed by atoms with Crippen molar-refractivity contribution in [2.24, 2.45) is 0 Å². The van der Waals surface area contributed by atoms with Crippen molar-refractivity contribution in [1.29, 1.82) is 0 Å². The second kappa shape index (κ2) is 6.38. The summed E-state index contributed by atoms with van der Waals surface area (Å²) < 4.78 is 10.8.